The van der Waals surface area contributed by atoms with Crippen LogP contribution in [-0.2, 0) is 0 Å². The zero-order valence-corrected chi connectivity index (χ0v) is 18.3. The molecule has 0 atom stereocenters. The number of nitrogens with zero attached hydrogens (tertiary/aromatic N) is 2. The molecule has 2 amide bonds. The Labute approximate surface area is 188 Å². The van der Waals surface area contributed by atoms with Crippen LogP contribution < -0.4 is 10.1 Å². The van der Waals surface area contributed by atoms with Crippen LogP contribution in [-0.4, -0.2) is 49.1 Å². The normalized spacial score (nSPS) is 14.5. The fourth-order valence-corrected chi connectivity index (χ4v) is 4.21. The molecule has 5 nitrogen and oxygen atoms in total. The highest BCUT2D eigenvalue weighted by Gasteiger charge is 2.28. The second-order valence-electron chi connectivity index (χ2n) is 7.52. The number of carbonyl (C=O) groups excluding carboxylic acids is 1. The van der Waals surface area contributed by atoms with E-state index in [4.69, 9.17) is 16.3 Å². The zero-order chi connectivity index (χ0) is 21.6. The first-order chi connectivity index (χ1) is 15.2. The molecule has 4 rings (SSSR count). The van der Waals surface area contributed by atoms with Crippen LogP contribution >= 0.6 is 11.6 Å². The van der Waals surface area contributed by atoms with E-state index in [0.717, 1.165) is 13.1 Å². The molecule has 3 aromatic carbocycles. The van der Waals surface area contributed by atoms with E-state index >= 15 is 0 Å². The summed E-state index contributed by atoms with van der Waals surface area (Å²) in [7, 11) is 1.57. The van der Waals surface area contributed by atoms with Gasteiger partial charge in [0.2, 0.25) is 0 Å². The van der Waals surface area contributed by atoms with Gasteiger partial charge in [0.25, 0.3) is 0 Å². The number of benzene rings is 3. The summed E-state index contributed by atoms with van der Waals surface area (Å²) in [6.45, 7) is 2.86. The van der Waals surface area contributed by atoms with Gasteiger partial charge in [-0.2, -0.15) is 0 Å². The van der Waals surface area contributed by atoms with Crippen molar-refractivity contribution >= 4 is 23.3 Å². The lowest BCUT2D eigenvalue weighted by Crippen LogP contribution is -2.51. The topological polar surface area (TPSA) is 44.8 Å². The number of piperazine rings is 1. The van der Waals surface area contributed by atoms with Crippen LogP contribution in [0.5, 0.6) is 5.75 Å². The molecule has 1 N–H and O–H groups in total. The minimum Gasteiger partial charge on any atom is -0.495 e. The maximum atomic E-state index is 12.9. The molecule has 1 heterocycles. The molecule has 1 saturated heterocycles. The standard InChI is InChI=1S/C25H26ClN3O2/c1-31-23-13-12-21(26)18-22(23)27-25(30)29-16-14-28(15-17-29)24(19-8-4-2-5-9-19)20-10-6-3-7-11-20/h2-13,18,24H,14-17H2,1H3,(H,27,30). The Morgan fingerprint density at radius 2 is 1.48 bits per heavy atom. The van der Waals surface area contributed by atoms with Crippen LogP contribution in [0.2, 0.25) is 5.02 Å². The average Bonchev–Trinajstić information content (AvgIpc) is 2.81. The van der Waals surface area contributed by atoms with Crippen molar-refractivity contribution in [2.45, 2.75) is 6.04 Å². The largest absolute Gasteiger partial charge is 0.495 e. The maximum absolute atomic E-state index is 12.9. The van der Waals surface area contributed by atoms with Crippen LogP contribution in [0.4, 0.5) is 10.5 Å². The number of nitrogens with one attached hydrogen (secondary N) is 1. The lowest BCUT2D eigenvalue weighted by Gasteiger charge is -2.39. The molecular weight excluding hydrogens is 410 g/mol. The van der Waals surface area contributed by atoms with Crippen molar-refractivity contribution in [2.75, 3.05) is 38.6 Å². The summed E-state index contributed by atoms with van der Waals surface area (Å²) in [6, 6.07) is 26.3. The number of amides is 2. The van der Waals surface area contributed by atoms with Gasteiger partial charge >= 0.3 is 6.03 Å². The second-order valence-corrected chi connectivity index (χ2v) is 7.96. The molecule has 3 aromatic rings. The molecule has 0 unspecified atom stereocenters. The summed E-state index contributed by atoms with van der Waals surface area (Å²) in [5.74, 6) is 0.588. The smallest absolute Gasteiger partial charge is 0.322 e. The molecule has 6 heteroatoms. The zero-order valence-electron chi connectivity index (χ0n) is 17.5. The number of hydrogen-bond acceptors (Lipinski definition) is 3. The van der Waals surface area contributed by atoms with E-state index in [1.807, 2.05) is 17.0 Å². The number of ether oxygens (including phenoxy) is 1. The molecule has 1 aliphatic heterocycles. The van der Waals surface area contributed by atoms with Gasteiger partial charge in [-0.25, -0.2) is 4.79 Å². The molecule has 0 spiro atoms. The van der Waals surface area contributed by atoms with Crippen LogP contribution in [0.15, 0.2) is 78.9 Å². The molecule has 1 aliphatic rings. The fourth-order valence-electron chi connectivity index (χ4n) is 4.04. The summed E-state index contributed by atoms with van der Waals surface area (Å²) >= 11 is 6.09. The predicted octanol–water partition coefficient (Wildman–Crippen LogP) is 5.29. The van der Waals surface area contributed by atoms with Gasteiger partial charge in [0.15, 0.2) is 0 Å². The Morgan fingerprint density at radius 1 is 0.903 bits per heavy atom. The fraction of sp³-hybridized carbons (Fsp3) is 0.240. The lowest BCUT2D eigenvalue weighted by atomic mass is 9.96. The van der Waals surface area contributed by atoms with Crippen molar-refractivity contribution in [2.24, 2.45) is 0 Å². The van der Waals surface area contributed by atoms with Gasteiger partial charge in [-0.3, -0.25) is 4.90 Å². The van der Waals surface area contributed by atoms with Gasteiger partial charge < -0.3 is 15.0 Å². The third-order valence-corrected chi connectivity index (χ3v) is 5.84. The first-order valence-corrected chi connectivity index (χ1v) is 10.8. The van der Waals surface area contributed by atoms with Crippen molar-refractivity contribution in [1.82, 2.24) is 9.80 Å². The molecule has 0 aliphatic carbocycles. The molecular formula is C25H26ClN3O2. The molecule has 160 valence electrons. The van der Waals surface area contributed by atoms with Gasteiger partial charge in [0.05, 0.1) is 18.8 Å². The Hall–Kier alpha value is -3.02. The summed E-state index contributed by atoms with van der Waals surface area (Å²) in [5, 5.41) is 3.49. The third-order valence-electron chi connectivity index (χ3n) is 5.60. The van der Waals surface area contributed by atoms with Gasteiger partial charge in [0, 0.05) is 31.2 Å². The number of carbonyl (C=O) groups is 1. The average molecular weight is 436 g/mol. The summed E-state index contributed by atoms with van der Waals surface area (Å²) < 4.78 is 5.33. The van der Waals surface area contributed by atoms with Crippen LogP contribution in [0.3, 0.4) is 0 Å². The van der Waals surface area contributed by atoms with Crippen molar-refractivity contribution < 1.29 is 9.53 Å². The first kappa shape index (κ1) is 21.2. The number of rotatable bonds is 5. The van der Waals surface area contributed by atoms with Gasteiger partial charge in [-0.05, 0) is 29.3 Å². The lowest BCUT2D eigenvalue weighted by molar-refractivity contribution is 0.126. The van der Waals surface area contributed by atoms with Gasteiger partial charge in [0.1, 0.15) is 5.75 Å². The Kier molecular flexibility index (Phi) is 6.75. The Bertz CT molecular complexity index is 966. The molecule has 0 aromatic heterocycles. The number of hydrogen-bond donors (Lipinski definition) is 1. The highest BCUT2D eigenvalue weighted by atomic mass is 35.5. The first-order valence-electron chi connectivity index (χ1n) is 10.4. The van der Waals surface area contributed by atoms with E-state index in [9.17, 15) is 4.79 Å². The minimum atomic E-state index is -0.142. The van der Waals surface area contributed by atoms with Crippen LogP contribution in [0.1, 0.15) is 17.2 Å². The summed E-state index contributed by atoms with van der Waals surface area (Å²) in [5.41, 5.74) is 3.10. The van der Waals surface area contributed by atoms with Crippen LogP contribution in [0.25, 0.3) is 0 Å². The Morgan fingerprint density at radius 3 is 2.03 bits per heavy atom. The van der Waals surface area contributed by atoms with Crippen molar-refractivity contribution in [3.05, 3.63) is 95.0 Å². The monoisotopic (exact) mass is 435 g/mol. The molecule has 0 saturated carbocycles. The van der Waals surface area contributed by atoms with Crippen molar-refractivity contribution in [1.29, 1.82) is 0 Å². The SMILES string of the molecule is COc1ccc(Cl)cc1NC(=O)N1CCN(C(c2ccccc2)c2ccccc2)CC1. The van der Waals surface area contributed by atoms with Crippen molar-refractivity contribution in [3.63, 3.8) is 0 Å². The van der Waals surface area contributed by atoms with Crippen molar-refractivity contribution in [3.8, 4) is 5.75 Å². The molecule has 1 fully saturated rings. The molecule has 31 heavy (non-hydrogen) atoms. The van der Waals surface area contributed by atoms with E-state index in [2.05, 4.69) is 58.7 Å². The highest BCUT2D eigenvalue weighted by molar-refractivity contribution is 6.31. The number of anilines is 1. The van der Waals surface area contributed by atoms with E-state index in [1.165, 1.54) is 11.1 Å². The quantitative estimate of drug-likeness (QED) is 0.592. The number of halogens is 1. The van der Waals surface area contributed by atoms with E-state index in [-0.39, 0.29) is 12.1 Å². The molecule has 0 radical (unpaired) electrons. The summed E-state index contributed by atoms with van der Waals surface area (Å²) in [4.78, 5) is 17.1. The molecule has 0 bridgehead atoms. The van der Waals surface area contributed by atoms with E-state index in [1.54, 1.807) is 25.3 Å². The number of methoxy groups -OCH3 is 1. The highest BCUT2D eigenvalue weighted by Crippen LogP contribution is 2.30. The minimum absolute atomic E-state index is 0.142. The van der Waals surface area contributed by atoms with E-state index in [0.29, 0.717) is 29.5 Å². The van der Waals surface area contributed by atoms with Gasteiger partial charge in [-0.15, -0.1) is 0 Å². The maximum Gasteiger partial charge on any atom is 0.322 e. The van der Waals surface area contributed by atoms with Crippen LogP contribution in [0, 0.1) is 0 Å². The van der Waals surface area contributed by atoms with Gasteiger partial charge in [-0.1, -0.05) is 72.3 Å². The predicted molar refractivity (Wildman–Crippen MR) is 125 cm³/mol. The van der Waals surface area contributed by atoms with E-state index < -0.39 is 0 Å². The third kappa shape index (κ3) is 5.01. The Balaban J connectivity index is 1.46. The second kappa shape index (κ2) is 9.86. The number of urea groups is 1. The summed E-state index contributed by atoms with van der Waals surface area (Å²) in [6.07, 6.45) is 0.